The average Bonchev–Trinajstić information content (AvgIpc) is 2.82. The molecule has 0 aromatic carbocycles. The molecule has 0 atom stereocenters. The van der Waals surface area contributed by atoms with Crippen LogP contribution in [0, 0.1) is 6.92 Å². The molecule has 0 radical (unpaired) electrons. The summed E-state index contributed by atoms with van der Waals surface area (Å²) in [5.74, 6) is 5.56. The van der Waals surface area contributed by atoms with Gasteiger partial charge in [-0.1, -0.05) is 0 Å². The van der Waals surface area contributed by atoms with E-state index < -0.39 is 10.0 Å². The normalized spacial score (nSPS) is 11.5. The van der Waals surface area contributed by atoms with Crippen LogP contribution in [0.1, 0.15) is 9.88 Å². The maximum Gasteiger partial charge on any atom is 0.242 e. The van der Waals surface area contributed by atoms with Gasteiger partial charge in [0.15, 0.2) is 0 Å². The first-order valence-corrected chi connectivity index (χ1v) is 7.65. The van der Waals surface area contributed by atoms with Gasteiger partial charge in [0.1, 0.15) is 15.7 Å². The van der Waals surface area contributed by atoms with Crippen LogP contribution in [-0.4, -0.2) is 18.4 Å². The molecule has 2 rings (SSSR count). The Morgan fingerprint density at radius 1 is 1.32 bits per heavy atom. The number of thiazole rings is 1. The molecule has 9 heteroatoms. The van der Waals surface area contributed by atoms with Crippen molar-refractivity contribution in [1.29, 1.82) is 0 Å². The number of nitrogens with zero attached hydrogens (tertiary/aromatic N) is 2. The van der Waals surface area contributed by atoms with E-state index >= 15 is 0 Å². The first-order valence-electron chi connectivity index (χ1n) is 5.35. The SMILES string of the molecule is Cc1cnc(CNS(=O)(=O)c2ccc(NN)nc2)s1. The number of rotatable bonds is 5. The topological polar surface area (TPSA) is 110 Å². The zero-order valence-corrected chi connectivity index (χ0v) is 11.8. The van der Waals surface area contributed by atoms with E-state index in [-0.39, 0.29) is 11.4 Å². The molecule has 19 heavy (non-hydrogen) atoms. The highest BCUT2D eigenvalue weighted by atomic mass is 32.2. The Kier molecular flexibility index (Phi) is 4.10. The van der Waals surface area contributed by atoms with Gasteiger partial charge in [-0.05, 0) is 19.1 Å². The van der Waals surface area contributed by atoms with Crippen molar-refractivity contribution in [3.05, 3.63) is 34.4 Å². The molecule has 2 aromatic heterocycles. The largest absolute Gasteiger partial charge is 0.308 e. The van der Waals surface area contributed by atoms with Crippen LogP contribution in [0.4, 0.5) is 5.82 Å². The van der Waals surface area contributed by atoms with Crippen molar-refractivity contribution in [1.82, 2.24) is 14.7 Å². The van der Waals surface area contributed by atoms with Crippen LogP contribution in [0.2, 0.25) is 0 Å². The molecule has 0 unspecified atom stereocenters. The number of hydrogen-bond donors (Lipinski definition) is 3. The van der Waals surface area contributed by atoms with E-state index in [2.05, 4.69) is 20.1 Å². The van der Waals surface area contributed by atoms with Gasteiger partial charge in [-0.15, -0.1) is 11.3 Å². The zero-order chi connectivity index (χ0) is 13.9. The first-order chi connectivity index (χ1) is 9.01. The van der Waals surface area contributed by atoms with Gasteiger partial charge in [0.25, 0.3) is 0 Å². The molecule has 0 aliphatic heterocycles. The molecular weight excluding hydrogens is 286 g/mol. The van der Waals surface area contributed by atoms with Gasteiger partial charge in [0.05, 0.1) is 6.54 Å². The number of hydrazine groups is 1. The fraction of sp³-hybridized carbons (Fsp3) is 0.200. The molecule has 4 N–H and O–H groups in total. The second kappa shape index (κ2) is 5.61. The number of nitrogens with two attached hydrogens (primary N) is 1. The van der Waals surface area contributed by atoms with Gasteiger partial charge in [-0.25, -0.2) is 29.0 Å². The average molecular weight is 299 g/mol. The Morgan fingerprint density at radius 3 is 2.63 bits per heavy atom. The molecule has 0 saturated heterocycles. The van der Waals surface area contributed by atoms with Crippen molar-refractivity contribution < 1.29 is 8.42 Å². The maximum absolute atomic E-state index is 12.0. The lowest BCUT2D eigenvalue weighted by Gasteiger charge is -2.05. The Labute approximate surface area is 114 Å². The van der Waals surface area contributed by atoms with E-state index in [1.54, 1.807) is 6.20 Å². The van der Waals surface area contributed by atoms with Gasteiger partial charge in [0, 0.05) is 17.3 Å². The van der Waals surface area contributed by atoms with Gasteiger partial charge < -0.3 is 5.43 Å². The fourth-order valence-corrected chi connectivity index (χ4v) is 3.10. The lowest BCUT2D eigenvalue weighted by Crippen LogP contribution is -2.23. The smallest absolute Gasteiger partial charge is 0.242 e. The Morgan fingerprint density at radius 2 is 2.11 bits per heavy atom. The lowest BCUT2D eigenvalue weighted by atomic mass is 10.5. The third-order valence-electron chi connectivity index (χ3n) is 2.28. The number of sulfonamides is 1. The summed E-state index contributed by atoms with van der Waals surface area (Å²) in [5, 5.41) is 0.717. The molecule has 0 aliphatic carbocycles. The lowest BCUT2D eigenvalue weighted by molar-refractivity contribution is 0.580. The summed E-state index contributed by atoms with van der Waals surface area (Å²) in [6.07, 6.45) is 2.95. The first kappa shape index (κ1) is 13.9. The van der Waals surface area contributed by atoms with Gasteiger partial charge >= 0.3 is 0 Å². The molecule has 0 saturated carbocycles. The minimum atomic E-state index is -3.59. The Bertz CT molecular complexity index is 651. The monoisotopic (exact) mass is 299 g/mol. The van der Waals surface area contributed by atoms with E-state index in [0.717, 1.165) is 4.88 Å². The number of nitrogens with one attached hydrogen (secondary N) is 2. The van der Waals surface area contributed by atoms with E-state index in [4.69, 9.17) is 5.84 Å². The summed E-state index contributed by atoms with van der Waals surface area (Å²) < 4.78 is 26.4. The molecule has 0 bridgehead atoms. The third-order valence-corrected chi connectivity index (χ3v) is 4.58. The molecule has 0 spiro atoms. The highest BCUT2D eigenvalue weighted by Gasteiger charge is 2.14. The van der Waals surface area contributed by atoms with Gasteiger partial charge in [-0.2, -0.15) is 0 Å². The third kappa shape index (κ3) is 3.47. The maximum atomic E-state index is 12.0. The number of pyridine rings is 1. The number of anilines is 1. The van der Waals surface area contributed by atoms with Crippen molar-refractivity contribution >= 4 is 27.2 Å². The molecule has 0 amide bonds. The van der Waals surface area contributed by atoms with Crippen molar-refractivity contribution in [2.75, 3.05) is 5.43 Å². The van der Waals surface area contributed by atoms with E-state index in [1.807, 2.05) is 6.92 Å². The molecular formula is C10H13N5O2S2. The zero-order valence-electron chi connectivity index (χ0n) is 10.1. The van der Waals surface area contributed by atoms with Crippen LogP contribution in [0.3, 0.4) is 0 Å². The second-order valence-corrected chi connectivity index (χ2v) is 6.80. The standard InChI is InChI=1S/C10H13N5O2S2/c1-7-4-13-10(18-7)6-14-19(16,17)8-2-3-9(15-11)12-5-8/h2-5,14H,6,11H2,1H3,(H,12,15). The van der Waals surface area contributed by atoms with Crippen molar-refractivity contribution in [2.24, 2.45) is 5.84 Å². The van der Waals surface area contributed by atoms with Gasteiger partial charge in [-0.3, -0.25) is 0 Å². The minimum Gasteiger partial charge on any atom is -0.308 e. The summed E-state index contributed by atoms with van der Waals surface area (Å²) in [5.41, 5.74) is 2.33. The number of hydrogen-bond acceptors (Lipinski definition) is 7. The van der Waals surface area contributed by atoms with Crippen LogP contribution in [0.5, 0.6) is 0 Å². The Hall–Kier alpha value is -1.55. The molecule has 7 nitrogen and oxygen atoms in total. The van der Waals surface area contributed by atoms with E-state index in [9.17, 15) is 8.42 Å². The number of aryl methyl sites for hydroxylation is 1. The van der Waals surface area contributed by atoms with Crippen molar-refractivity contribution in [3.8, 4) is 0 Å². The fourth-order valence-electron chi connectivity index (χ4n) is 1.35. The van der Waals surface area contributed by atoms with E-state index in [0.29, 0.717) is 10.8 Å². The van der Waals surface area contributed by atoms with Crippen LogP contribution in [0.15, 0.2) is 29.4 Å². The molecule has 2 aromatic rings. The van der Waals surface area contributed by atoms with Crippen LogP contribution in [0.25, 0.3) is 0 Å². The summed E-state index contributed by atoms with van der Waals surface area (Å²) in [6.45, 7) is 2.08. The molecule has 102 valence electrons. The summed E-state index contributed by atoms with van der Waals surface area (Å²) in [7, 11) is -3.59. The quantitative estimate of drug-likeness (QED) is 0.551. The number of nitrogen functional groups attached to an aromatic ring is 1. The van der Waals surface area contributed by atoms with Gasteiger partial charge in [0.2, 0.25) is 10.0 Å². The highest BCUT2D eigenvalue weighted by Crippen LogP contribution is 2.13. The summed E-state index contributed by atoms with van der Waals surface area (Å²) in [6, 6.07) is 2.92. The summed E-state index contributed by atoms with van der Waals surface area (Å²) in [4.78, 5) is 9.06. The molecule has 2 heterocycles. The van der Waals surface area contributed by atoms with Crippen LogP contribution >= 0.6 is 11.3 Å². The second-order valence-electron chi connectivity index (χ2n) is 3.71. The summed E-state index contributed by atoms with van der Waals surface area (Å²) >= 11 is 1.45. The highest BCUT2D eigenvalue weighted by molar-refractivity contribution is 7.89. The Balaban J connectivity index is 2.09. The minimum absolute atomic E-state index is 0.0831. The predicted molar refractivity (Wildman–Crippen MR) is 72.9 cm³/mol. The predicted octanol–water partition coefficient (Wildman–Crippen LogP) is 0.611. The number of aromatic nitrogens is 2. The molecule has 0 aliphatic rings. The van der Waals surface area contributed by atoms with Crippen LogP contribution in [-0.2, 0) is 16.6 Å². The van der Waals surface area contributed by atoms with Crippen molar-refractivity contribution in [3.63, 3.8) is 0 Å². The molecule has 0 fully saturated rings. The van der Waals surface area contributed by atoms with E-state index in [1.165, 1.54) is 29.7 Å². The van der Waals surface area contributed by atoms with Crippen molar-refractivity contribution in [2.45, 2.75) is 18.4 Å². The van der Waals surface area contributed by atoms with Crippen LogP contribution < -0.4 is 16.0 Å².